The van der Waals surface area contributed by atoms with Gasteiger partial charge in [-0.25, -0.2) is 4.79 Å². The number of carbonyl (C=O) groups is 3. The third-order valence-corrected chi connectivity index (χ3v) is 7.57. The molecule has 0 N–H and O–H groups in total. The number of carbonyl (C=O) groups excluding carboxylic acids is 3. The first-order valence-electron chi connectivity index (χ1n) is 9.97. The molecule has 3 fully saturated rings. The van der Waals surface area contributed by atoms with Gasteiger partial charge in [0.25, 0.3) is 5.91 Å². The summed E-state index contributed by atoms with van der Waals surface area (Å²) in [5.41, 5.74) is 1.04. The highest BCUT2D eigenvalue weighted by molar-refractivity contribution is 8.00. The number of fused-ring (bicyclic) bond motifs is 1. The molecule has 3 saturated heterocycles. The Labute approximate surface area is 169 Å². The molecule has 0 aliphatic carbocycles. The number of esters is 1. The second kappa shape index (κ2) is 7.78. The van der Waals surface area contributed by atoms with Crippen molar-refractivity contribution in [2.24, 2.45) is 5.92 Å². The summed E-state index contributed by atoms with van der Waals surface area (Å²) in [5.74, 6) is 0.334. The summed E-state index contributed by atoms with van der Waals surface area (Å²) in [6, 6.07) is 9.24. The number of thioether (sulfide) groups is 1. The summed E-state index contributed by atoms with van der Waals surface area (Å²) in [6.45, 7) is 3.33. The maximum Gasteiger partial charge on any atom is 0.330 e. The van der Waals surface area contributed by atoms with Crippen LogP contribution in [-0.2, 0) is 24.0 Å². The molecule has 150 valence electrons. The molecule has 1 aromatic rings. The van der Waals surface area contributed by atoms with Crippen LogP contribution in [0.15, 0.2) is 30.3 Å². The van der Waals surface area contributed by atoms with Gasteiger partial charge >= 0.3 is 5.97 Å². The number of amides is 2. The van der Waals surface area contributed by atoms with E-state index in [4.69, 9.17) is 4.74 Å². The Morgan fingerprint density at radius 3 is 2.82 bits per heavy atom. The van der Waals surface area contributed by atoms with Crippen LogP contribution in [0.3, 0.4) is 0 Å². The molecule has 0 aromatic heterocycles. The molecule has 3 aliphatic heterocycles. The van der Waals surface area contributed by atoms with Crippen molar-refractivity contribution in [3.63, 3.8) is 0 Å². The number of hydrogen-bond donors (Lipinski definition) is 0. The largest absolute Gasteiger partial charge is 0.454 e. The van der Waals surface area contributed by atoms with E-state index in [2.05, 4.69) is 6.92 Å². The van der Waals surface area contributed by atoms with Crippen LogP contribution in [0, 0.1) is 5.92 Å². The standard InChI is InChI=1S/C21H26N2O4S/c1-15-6-5-11-22(12-15)19(25)13-27-20(26)17-14-28-21(10-9-18(24)23(17)21)16-7-3-2-4-8-16/h2-4,7-8,15,17H,5-6,9-14H2,1H3/t15-,17+,21-/m1/s1. The second-order valence-corrected chi connectivity index (χ2v) is 9.23. The SMILES string of the molecule is C[C@@H]1CCCN(C(=O)COC(=O)[C@@H]2CS[C@@]3(c4ccccc4)CCC(=O)N23)C1. The van der Waals surface area contributed by atoms with Crippen molar-refractivity contribution in [1.29, 1.82) is 0 Å². The van der Waals surface area contributed by atoms with Crippen LogP contribution in [0.2, 0.25) is 0 Å². The summed E-state index contributed by atoms with van der Waals surface area (Å²) < 4.78 is 5.38. The Kier molecular flexibility index (Phi) is 5.36. The lowest BCUT2D eigenvalue weighted by Gasteiger charge is -2.34. The molecular formula is C21H26N2O4S. The van der Waals surface area contributed by atoms with Gasteiger partial charge in [-0.05, 0) is 30.7 Å². The summed E-state index contributed by atoms with van der Waals surface area (Å²) in [6.07, 6.45) is 3.23. The molecule has 2 amide bonds. The third kappa shape index (κ3) is 3.41. The van der Waals surface area contributed by atoms with Crippen molar-refractivity contribution in [3.05, 3.63) is 35.9 Å². The maximum absolute atomic E-state index is 12.8. The van der Waals surface area contributed by atoms with Crippen LogP contribution in [-0.4, -0.2) is 59.1 Å². The number of rotatable bonds is 4. The molecule has 0 bridgehead atoms. The van der Waals surface area contributed by atoms with Crippen LogP contribution in [0.25, 0.3) is 0 Å². The van der Waals surface area contributed by atoms with Gasteiger partial charge in [-0.3, -0.25) is 9.59 Å². The van der Waals surface area contributed by atoms with Crippen LogP contribution in [0.5, 0.6) is 0 Å². The van der Waals surface area contributed by atoms with Crippen LogP contribution >= 0.6 is 11.8 Å². The number of piperidine rings is 1. The first kappa shape index (κ1) is 19.3. The van der Waals surface area contributed by atoms with Crippen molar-refractivity contribution in [1.82, 2.24) is 9.80 Å². The molecule has 7 heteroatoms. The summed E-state index contributed by atoms with van der Waals surface area (Å²) in [7, 11) is 0. The second-order valence-electron chi connectivity index (χ2n) is 7.94. The Morgan fingerprint density at radius 2 is 2.07 bits per heavy atom. The normalized spacial score (nSPS) is 29.7. The molecule has 0 saturated carbocycles. The Morgan fingerprint density at radius 1 is 1.29 bits per heavy atom. The molecule has 1 aromatic carbocycles. The Balaban J connectivity index is 1.42. The quantitative estimate of drug-likeness (QED) is 0.724. The molecule has 0 radical (unpaired) electrons. The number of benzene rings is 1. The minimum Gasteiger partial charge on any atom is -0.454 e. The fourth-order valence-corrected chi connectivity index (χ4v) is 6.19. The smallest absolute Gasteiger partial charge is 0.330 e. The van der Waals surface area contributed by atoms with E-state index in [1.807, 2.05) is 30.3 Å². The van der Waals surface area contributed by atoms with E-state index in [9.17, 15) is 14.4 Å². The van der Waals surface area contributed by atoms with Gasteiger partial charge in [0.1, 0.15) is 10.9 Å². The fraction of sp³-hybridized carbons (Fsp3) is 0.571. The molecule has 3 aliphatic rings. The van der Waals surface area contributed by atoms with Crippen LogP contribution in [0.4, 0.5) is 0 Å². The van der Waals surface area contributed by atoms with E-state index in [1.54, 1.807) is 21.6 Å². The van der Waals surface area contributed by atoms with E-state index >= 15 is 0 Å². The van der Waals surface area contributed by atoms with Gasteiger partial charge in [-0.2, -0.15) is 0 Å². The lowest BCUT2D eigenvalue weighted by Crippen LogP contribution is -2.47. The van der Waals surface area contributed by atoms with Crippen LogP contribution < -0.4 is 0 Å². The Bertz CT molecular complexity index is 771. The van der Waals surface area contributed by atoms with Gasteiger partial charge in [-0.1, -0.05) is 37.3 Å². The zero-order chi connectivity index (χ0) is 19.7. The number of ether oxygens (including phenoxy) is 1. The third-order valence-electron chi connectivity index (χ3n) is 5.97. The van der Waals surface area contributed by atoms with Crippen molar-refractivity contribution in [2.45, 2.75) is 43.5 Å². The van der Waals surface area contributed by atoms with Gasteiger partial charge in [0.05, 0.1) is 0 Å². The first-order chi connectivity index (χ1) is 13.5. The van der Waals surface area contributed by atoms with Gasteiger partial charge in [0, 0.05) is 25.3 Å². The van der Waals surface area contributed by atoms with Crippen molar-refractivity contribution >= 4 is 29.5 Å². The summed E-state index contributed by atoms with van der Waals surface area (Å²) in [4.78, 5) is 40.7. The van der Waals surface area contributed by atoms with Gasteiger partial charge in [-0.15, -0.1) is 11.8 Å². The van der Waals surface area contributed by atoms with E-state index in [0.717, 1.165) is 31.5 Å². The molecular weight excluding hydrogens is 376 g/mol. The minimum atomic E-state index is -0.631. The van der Waals surface area contributed by atoms with Crippen molar-refractivity contribution < 1.29 is 19.1 Å². The monoisotopic (exact) mass is 402 g/mol. The predicted molar refractivity (Wildman–Crippen MR) is 106 cm³/mol. The number of likely N-dealkylation sites (tertiary alicyclic amines) is 1. The lowest BCUT2D eigenvalue weighted by molar-refractivity contribution is -0.159. The molecule has 3 heterocycles. The zero-order valence-electron chi connectivity index (χ0n) is 16.1. The number of nitrogens with zero attached hydrogens (tertiary/aromatic N) is 2. The topological polar surface area (TPSA) is 66.9 Å². The van der Waals surface area contributed by atoms with Crippen LogP contribution in [0.1, 0.15) is 38.2 Å². The number of hydrogen-bond acceptors (Lipinski definition) is 5. The van der Waals surface area contributed by atoms with E-state index in [-0.39, 0.29) is 18.4 Å². The Hall–Kier alpha value is -2.02. The maximum atomic E-state index is 12.8. The molecule has 0 spiro atoms. The van der Waals surface area contributed by atoms with E-state index in [0.29, 0.717) is 24.5 Å². The zero-order valence-corrected chi connectivity index (χ0v) is 17.0. The molecule has 6 nitrogen and oxygen atoms in total. The lowest BCUT2D eigenvalue weighted by atomic mass is 10.0. The first-order valence-corrected chi connectivity index (χ1v) is 11.0. The average Bonchev–Trinajstić information content (AvgIpc) is 3.26. The van der Waals surface area contributed by atoms with Crippen molar-refractivity contribution in [3.8, 4) is 0 Å². The highest BCUT2D eigenvalue weighted by Gasteiger charge is 2.57. The average molecular weight is 403 g/mol. The predicted octanol–water partition coefficient (Wildman–Crippen LogP) is 2.38. The minimum absolute atomic E-state index is 0.0213. The van der Waals surface area contributed by atoms with E-state index in [1.165, 1.54) is 0 Å². The molecule has 28 heavy (non-hydrogen) atoms. The highest BCUT2D eigenvalue weighted by atomic mass is 32.2. The highest BCUT2D eigenvalue weighted by Crippen LogP contribution is 2.54. The van der Waals surface area contributed by atoms with Gasteiger partial charge in [0.2, 0.25) is 5.91 Å². The molecule has 0 unspecified atom stereocenters. The van der Waals surface area contributed by atoms with Gasteiger partial charge < -0.3 is 14.5 Å². The summed E-state index contributed by atoms with van der Waals surface area (Å²) in [5, 5.41) is 0. The fourth-order valence-electron chi connectivity index (χ4n) is 4.55. The van der Waals surface area contributed by atoms with E-state index < -0.39 is 16.9 Å². The summed E-state index contributed by atoms with van der Waals surface area (Å²) >= 11 is 1.63. The molecule has 3 atom stereocenters. The molecule has 4 rings (SSSR count). The van der Waals surface area contributed by atoms with Gasteiger partial charge in [0.15, 0.2) is 6.61 Å². The van der Waals surface area contributed by atoms with Crippen molar-refractivity contribution in [2.75, 3.05) is 25.4 Å².